The Morgan fingerprint density at radius 1 is 1.43 bits per heavy atom. The third-order valence-corrected chi connectivity index (χ3v) is 3.36. The summed E-state index contributed by atoms with van der Waals surface area (Å²) in [6, 6.07) is 5.36. The summed E-state index contributed by atoms with van der Waals surface area (Å²) in [5, 5.41) is 5.69. The van der Waals surface area contributed by atoms with Crippen LogP contribution in [-0.2, 0) is 9.59 Å². The number of rotatable bonds is 5. The van der Waals surface area contributed by atoms with Crippen molar-refractivity contribution in [2.75, 3.05) is 38.2 Å². The molecular weight excluding hydrogens is 362 g/mol. The molecule has 8 heteroatoms. The monoisotopic (exact) mass is 377 g/mol. The second-order valence-corrected chi connectivity index (χ2v) is 5.25. The molecule has 1 aliphatic heterocycles. The zero-order valence-corrected chi connectivity index (χ0v) is 13.9. The molecule has 0 bridgehead atoms. The van der Waals surface area contributed by atoms with Gasteiger partial charge in [-0.15, -0.1) is 12.4 Å². The van der Waals surface area contributed by atoms with Crippen molar-refractivity contribution in [3.8, 4) is 5.75 Å². The van der Waals surface area contributed by atoms with E-state index < -0.39 is 0 Å². The van der Waals surface area contributed by atoms with E-state index in [1.165, 1.54) is 4.90 Å². The Hall–Kier alpha value is -1.31. The van der Waals surface area contributed by atoms with E-state index in [1.54, 1.807) is 12.1 Å². The first kappa shape index (κ1) is 17.7. The number of benzene rings is 1. The van der Waals surface area contributed by atoms with Gasteiger partial charge < -0.3 is 15.4 Å². The van der Waals surface area contributed by atoms with Crippen molar-refractivity contribution in [3.63, 3.8) is 0 Å². The van der Waals surface area contributed by atoms with Gasteiger partial charge in [-0.1, -0.05) is 15.9 Å². The van der Waals surface area contributed by atoms with Gasteiger partial charge in [0.2, 0.25) is 5.91 Å². The summed E-state index contributed by atoms with van der Waals surface area (Å²) in [4.78, 5) is 25.2. The van der Waals surface area contributed by atoms with Gasteiger partial charge in [0.25, 0.3) is 5.91 Å². The number of carbonyl (C=O) groups is 2. The predicted octanol–water partition coefficient (Wildman–Crippen LogP) is 0.932. The molecule has 0 aromatic heterocycles. The number of hydrogen-bond donors (Lipinski definition) is 2. The largest absolute Gasteiger partial charge is 0.482 e. The summed E-state index contributed by atoms with van der Waals surface area (Å²) in [6.45, 7) is 1.17. The van der Waals surface area contributed by atoms with Gasteiger partial charge >= 0.3 is 0 Å². The van der Waals surface area contributed by atoms with Crippen molar-refractivity contribution >= 4 is 45.8 Å². The lowest BCUT2D eigenvalue weighted by Gasteiger charge is -2.29. The van der Waals surface area contributed by atoms with Gasteiger partial charge in [-0.3, -0.25) is 14.5 Å². The molecule has 0 aliphatic carbocycles. The molecule has 1 aromatic rings. The Kier molecular flexibility index (Phi) is 6.94. The number of carbonyl (C=O) groups excluding carboxylic acids is 2. The molecule has 1 heterocycles. The summed E-state index contributed by atoms with van der Waals surface area (Å²) >= 11 is 3.35. The van der Waals surface area contributed by atoms with E-state index in [0.717, 1.165) is 4.47 Å². The minimum absolute atomic E-state index is 0. The number of ether oxygens (including phenoxy) is 1. The second-order valence-electron chi connectivity index (χ2n) is 4.33. The van der Waals surface area contributed by atoms with E-state index in [1.807, 2.05) is 13.1 Å². The van der Waals surface area contributed by atoms with Crippen LogP contribution in [0.1, 0.15) is 0 Å². The summed E-state index contributed by atoms with van der Waals surface area (Å²) < 4.78 is 6.23. The maximum Gasteiger partial charge on any atom is 0.265 e. The highest BCUT2D eigenvalue weighted by Crippen LogP contribution is 2.34. The van der Waals surface area contributed by atoms with Crippen LogP contribution in [0.4, 0.5) is 5.69 Å². The van der Waals surface area contributed by atoms with Gasteiger partial charge in [-0.05, 0) is 25.2 Å². The van der Waals surface area contributed by atoms with Gasteiger partial charge in [0.1, 0.15) is 12.3 Å². The zero-order chi connectivity index (χ0) is 14.5. The molecule has 0 saturated heterocycles. The molecule has 116 valence electrons. The highest BCUT2D eigenvalue weighted by molar-refractivity contribution is 9.10. The van der Waals surface area contributed by atoms with Crippen LogP contribution in [0.5, 0.6) is 5.75 Å². The molecule has 1 aliphatic rings. The summed E-state index contributed by atoms with van der Waals surface area (Å²) in [5.41, 5.74) is 0.619. The van der Waals surface area contributed by atoms with Crippen LogP contribution in [0.15, 0.2) is 22.7 Å². The fraction of sp³-hybridized carbons (Fsp3) is 0.385. The average molecular weight is 379 g/mol. The number of hydrogen-bond acceptors (Lipinski definition) is 4. The lowest BCUT2D eigenvalue weighted by atomic mass is 10.2. The van der Waals surface area contributed by atoms with Gasteiger partial charge in [0.05, 0.1) is 5.69 Å². The van der Waals surface area contributed by atoms with Crippen molar-refractivity contribution in [2.24, 2.45) is 0 Å². The van der Waals surface area contributed by atoms with E-state index in [2.05, 4.69) is 26.6 Å². The summed E-state index contributed by atoms with van der Waals surface area (Å²) in [5.74, 6) is 0.190. The van der Waals surface area contributed by atoms with Gasteiger partial charge in [0.15, 0.2) is 6.61 Å². The maximum atomic E-state index is 11.9. The summed E-state index contributed by atoms with van der Waals surface area (Å²) in [6.07, 6.45) is 0. The highest BCUT2D eigenvalue weighted by Gasteiger charge is 2.27. The number of halogens is 2. The molecule has 2 amide bonds. The quantitative estimate of drug-likeness (QED) is 0.748. The number of fused-ring (bicyclic) bond motifs is 1. The molecule has 0 spiro atoms. The molecule has 0 atom stereocenters. The Morgan fingerprint density at radius 3 is 2.90 bits per heavy atom. The fourth-order valence-electron chi connectivity index (χ4n) is 1.88. The third kappa shape index (κ3) is 4.59. The molecule has 2 rings (SSSR count). The first-order valence-corrected chi connectivity index (χ1v) is 7.05. The Bertz CT molecular complexity index is 527. The van der Waals surface area contributed by atoms with E-state index >= 15 is 0 Å². The Morgan fingerprint density at radius 2 is 2.19 bits per heavy atom. The molecule has 21 heavy (non-hydrogen) atoms. The zero-order valence-electron chi connectivity index (χ0n) is 11.5. The Balaban J connectivity index is 0.00000220. The van der Waals surface area contributed by atoms with Crippen LogP contribution in [0.2, 0.25) is 0 Å². The number of nitrogens with one attached hydrogen (secondary N) is 2. The molecule has 0 saturated carbocycles. The van der Waals surface area contributed by atoms with Crippen molar-refractivity contribution in [1.82, 2.24) is 10.6 Å². The maximum absolute atomic E-state index is 11.9. The van der Waals surface area contributed by atoms with Crippen LogP contribution < -0.4 is 20.3 Å². The molecule has 0 unspecified atom stereocenters. The van der Waals surface area contributed by atoms with E-state index in [-0.39, 0.29) is 37.4 Å². The standard InChI is InChI=1S/C13H16BrN3O3.ClH/c1-15-4-5-16-12(18)7-17-10-3-2-9(14)6-11(10)20-8-13(17)19;/h2-3,6,15H,4-5,7-8H2,1H3,(H,16,18);1H. The van der Waals surface area contributed by atoms with Crippen molar-refractivity contribution in [2.45, 2.75) is 0 Å². The van der Waals surface area contributed by atoms with Crippen molar-refractivity contribution in [3.05, 3.63) is 22.7 Å². The smallest absolute Gasteiger partial charge is 0.265 e. The molecular formula is C13H17BrClN3O3. The van der Waals surface area contributed by atoms with Gasteiger partial charge in [-0.25, -0.2) is 0 Å². The van der Waals surface area contributed by atoms with Gasteiger partial charge in [0, 0.05) is 17.6 Å². The number of likely N-dealkylation sites (N-methyl/N-ethyl adjacent to an activating group) is 1. The normalized spacial score (nSPS) is 13.0. The topological polar surface area (TPSA) is 70.7 Å². The molecule has 6 nitrogen and oxygen atoms in total. The number of anilines is 1. The van der Waals surface area contributed by atoms with Crippen molar-refractivity contribution in [1.29, 1.82) is 0 Å². The molecule has 0 fully saturated rings. The highest BCUT2D eigenvalue weighted by atomic mass is 79.9. The average Bonchev–Trinajstić information content (AvgIpc) is 2.42. The summed E-state index contributed by atoms with van der Waals surface area (Å²) in [7, 11) is 1.81. The SMILES string of the molecule is CNCCNC(=O)CN1C(=O)COc2cc(Br)ccc21.Cl. The first-order valence-electron chi connectivity index (χ1n) is 6.26. The minimum Gasteiger partial charge on any atom is -0.482 e. The van der Waals surface area contributed by atoms with Gasteiger partial charge in [-0.2, -0.15) is 0 Å². The van der Waals surface area contributed by atoms with Crippen molar-refractivity contribution < 1.29 is 14.3 Å². The molecule has 2 N–H and O–H groups in total. The fourth-order valence-corrected chi connectivity index (χ4v) is 2.22. The van der Waals surface area contributed by atoms with Crippen LogP contribution in [-0.4, -0.2) is 45.1 Å². The predicted molar refractivity (Wildman–Crippen MR) is 86.2 cm³/mol. The lowest BCUT2D eigenvalue weighted by Crippen LogP contribution is -2.45. The van der Waals surface area contributed by atoms with Crippen LogP contribution >= 0.6 is 28.3 Å². The Labute approximate surface area is 137 Å². The van der Waals surface area contributed by atoms with E-state index in [9.17, 15) is 9.59 Å². The molecule has 1 aromatic carbocycles. The van der Waals surface area contributed by atoms with Crippen LogP contribution in [0.3, 0.4) is 0 Å². The second kappa shape index (κ2) is 8.21. The van der Waals surface area contributed by atoms with Crippen LogP contribution in [0, 0.1) is 0 Å². The third-order valence-electron chi connectivity index (χ3n) is 2.86. The van der Waals surface area contributed by atoms with Crippen LogP contribution in [0.25, 0.3) is 0 Å². The van der Waals surface area contributed by atoms with E-state index in [4.69, 9.17) is 4.74 Å². The first-order chi connectivity index (χ1) is 9.61. The number of amides is 2. The number of nitrogens with zero attached hydrogens (tertiary/aromatic N) is 1. The minimum atomic E-state index is -0.219. The van der Waals surface area contributed by atoms with E-state index in [0.29, 0.717) is 24.5 Å². The lowest BCUT2D eigenvalue weighted by molar-refractivity contribution is -0.125. The molecule has 0 radical (unpaired) electrons.